The summed E-state index contributed by atoms with van der Waals surface area (Å²) in [5.74, 6) is -0.556. The van der Waals surface area contributed by atoms with E-state index < -0.39 is 15.8 Å². The molecule has 1 fully saturated rings. The van der Waals surface area contributed by atoms with Crippen LogP contribution in [0.4, 0.5) is 15.8 Å². The summed E-state index contributed by atoms with van der Waals surface area (Å²) in [5.41, 5.74) is 0.898. The fraction of sp³-hybridized carbons (Fsp3) is 0.188. The first-order chi connectivity index (χ1) is 11.3. The number of sulfonamides is 1. The summed E-state index contributed by atoms with van der Waals surface area (Å²) >= 11 is 5.79. The third-order valence-electron chi connectivity index (χ3n) is 3.54. The topological polar surface area (TPSA) is 75.3 Å². The SMILES string of the molecule is O=C(Nc1ccc(NS(=O)(=O)c2ccc(F)cc2Cl)cc1)C1CC1. The second kappa shape index (κ2) is 6.41. The van der Waals surface area contributed by atoms with Gasteiger partial charge in [-0.3, -0.25) is 9.52 Å². The average molecular weight is 369 g/mol. The van der Waals surface area contributed by atoms with Crippen molar-refractivity contribution in [3.05, 3.63) is 53.3 Å². The molecule has 1 aliphatic rings. The van der Waals surface area contributed by atoms with E-state index in [4.69, 9.17) is 11.6 Å². The number of carbonyl (C=O) groups excluding carboxylic acids is 1. The lowest BCUT2D eigenvalue weighted by Gasteiger charge is -2.10. The van der Waals surface area contributed by atoms with Crippen LogP contribution in [0.25, 0.3) is 0 Å². The van der Waals surface area contributed by atoms with Crippen molar-refractivity contribution in [1.82, 2.24) is 0 Å². The molecular formula is C16H14ClFN2O3S. The third-order valence-corrected chi connectivity index (χ3v) is 5.40. The van der Waals surface area contributed by atoms with Crippen molar-refractivity contribution in [2.45, 2.75) is 17.7 Å². The molecule has 0 aliphatic heterocycles. The predicted octanol–water partition coefficient (Wildman–Crippen LogP) is 3.63. The molecule has 0 radical (unpaired) electrons. The lowest BCUT2D eigenvalue weighted by molar-refractivity contribution is -0.117. The van der Waals surface area contributed by atoms with Crippen LogP contribution in [0, 0.1) is 11.7 Å². The van der Waals surface area contributed by atoms with E-state index in [0.717, 1.165) is 31.0 Å². The highest BCUT2D eigenvalue weighted by atomic mass is 35.5. The highest BCUT2D eigenvalue weighted by Crippen LogP contribution is 2.30. The molecule has 2 N–H and O–H groups in total. The van der Waals surface area contributed by atoms with Crippen LogP contribution in [0.15, 0.2) is 47.4 Å². The zero-order valence-corrected chi connectivity index (χ0v) is 14.0. The number of carbonyl (C=O) groups is 1. The maximum Gasteiger partial charge on any atom is 0.263 e. The molecule has 1 saturated carbocycles. The van der Waals surface area contributed by atoms with Crippen LogP contribution < -0.4 is 10.0 Å². The smallest absolute Gasteiger partial charge is 0.263 e. The summed E-state index contributed by atoms with van der Waals surface area (Å²) in [6, 6.07) is 9.32. The Kier molecular flexibility index (Phi) is 4.47. The van der Waals surface area contributed by atoms with E-state index in [9.17, 15) is 17.6 Å². The van der Waals surface area contributed by atoms with Crippen molar-refractivity contribution in [3.8, 4) is 0 Å². The van der Waals surface area contributed by atoms with Crippen molar-refractivity contribution in [2.75, 3.05) is 10.0 Å². The Bertz CT molecular complexity index is 881. The molecule has 8 heteroatoms. The third kappa shape index (κ3) is 3.85. The summed E-state index contributed by atoms with van der Waals surface area (Å²) in [6.45, 7) is 0. The van der Waals surface area contributed by atoms with Crippen LogP contribution in [-0.4, -0.2) is 14.3 Å². The van der Waals surface area contributed by atoms with Crippen LogP contribution in [-0.2, 0) is 14.8 Å². The van der Waals surface area contributed by atoms with Crippen molar-refractivity contribution in [2.24, 2.45) is 5.92 Å². The first kappa shape index (κ1) is 16.7. The van der Waals surface area contributed by atoms with Gasteiger partial charge in [0, 0.05) is 17.3 Å². The highest BCUT2D eigenvalue weighted by molar-refractivity contribution is 7.92. The van der Waals surface area contributed by atoms with Gasteiger partial charge in [-0.1, -0.05) is 11.6 Å². The second-order valence-electron chi connectivity index (χ2n) is 5.52. The number of amides is 1. The molecule has 0 unspecified atom stereocenters. The van der Waals surface area contributed by atoms with Gasteiger partial charge in [0.05, 0.1) is 5.02 Å². The Morgan fingerprint density at radius 3 is 2.29 bits per heavy atom. The zero-order chi connectivity index (χ0) is 17.3. The summed E-state index contributed by atoms with van der Waals surface area (Å²) < 4.78 is 40.0. The molecule has 2 aromatic rings. The van der Waals surface area contributed by atoms with Gasteiger partial charge in [-0.2, -0.15) is 0 Å². The van der Waals surface area contributed by atoms with Gasteiger partial charge in [0.2, 0.25) is 5.91 Å². The Morgan fingerprint density at radius 1 is 1.08 bits per heavy atom. The number of rotatable bonds is 5. The van der Waals surface area contributed by atoms with Crippen molar-refractivity contribution in [3.63, 3.8) is 0 Å². The first-order valence-electron chi connectivity index (χ1n) is 7.24. The predicted molar refractivity (Wildman–Crippen MR) is 90.0 cm³/mol. The molecule has 0 bridgehead atoms. The van der Waals surface area contributed by atoms with Gasteiger partial charge in [-0.25, -0.2) is 12.8 Å². The molecule has 0 saturated heterocycles. The molecule has 126 valence electrons. The molecule has 2 aromatic carbocycles. The van der Waals surface area contributed by atoms with E-state index in [1.165, 1.54) is 12.1 Å². The molecule has 0 heterocycles. The average Bonchev–Trinajstić information content (AvgIpc) is 3.33. The highest BCUT2D eigenvalue weighted by Gasteiger charge is 2.29. The van der Waals surface area contributed by atoms with Crippen molar-refractivity contribution in [1.29, 1.82) is 0 Å². The fourth-order valence-corrected chi connectivity index (χ4v) is 3.71. The quantitative estimate of drug-likeness (QED) is 0.846. The molecule has 5 nitrogen and oxygen atoms in total. The minimum Gasteiger partial charge on any atom is -0.326 e. The number of halogens is 2. The maximum atomic E-state index is 13.0. The number of anilines is 2. The molecule has 0 spiro atoms. The summed E-state index contributed by atoms with van der Waals surface area (Å²) in [6.07, 6.45) is 1.81. The van der Waals surface area contributed by atoms with E-state index in [1.54, 1.807) is 12.1 Å². The van der Waals surface area contributed by atoms with Gasteiger partial charge >= 0.3 is 0 Å². The number of hydrogen-bond donors (Lipinski definition) is 2. The largest absolute Gasteiger partial charge is 0.326 e. The van der Waals surface area contributed by atoms with Crippen LogP contribution in [0.1, 0.15) is 12.8 Å². The number of nitrogens with one attached hydrogen (secondary N) is 2. The molecule has 0 aromatic heterocycles. The van der Waals surface area contributed by atoms with Gasteiger partial charge in [0.25, 0.3) is 10.0 Å². The standard InChI is InChI=1S/C16H14ClFN2O3S/c17-14-9-11(18)3-8-15(14)24(22,23)20-13-6-4-12(5-7-13)19-16(21)10-1-2-10/h3-10,20H,1-2H2,(H,19,21). The molecule has 1 amide bonds. The van der Waals surface area contributed by atoms with E-state index in [1.807, 2.05) is 0 Å². The van der Waals surface area contributed by atoms with Gasteiger partial charge in [-0.15, -0.1) is 0 Å². The molecule has 1 aliphatic carbocycles. The minimum atomic E-state index is -3.94. The Hall–Kier alpha value is -2.12. The molecule has 3 rings (SSSR count). The van der Waals surface area contributed by atoms with Gasteiger partial charge < -0.3 is 5.32 Å². The lowest BCUT2D eigenvalue weighted by Crippen LogP contribution is -2.14. The fourth-order valence-electron chi connectivity index (χ4n) is 2.11. The minimum absolute atomic E-state index is 0.0265. The van der Waals surface area contributed by atoms with E-state index in [-0.39, 0.29) is 21.7 Å². The number of benzene rings is 2. The van der Waals surface area contributed by atoms with E-state index in [0.29, 0.717) is 11.4 Å². The van der Waals surface area contributed by atoms with Gasteiger partial charge in [-0.05, 0) is 55.3 Å². The monoisotopic (exact) mass is 368 g/mol. The molecule has 24 heavy (non-hydrogen) atoms. The van der Waals surface area contributed by atoms with Crippen molar-refractivity contribution >= 4 is 38.9 Å². The normalized spacial score (nSPS) is 14.2. The summed E-state index contributed by atoms with van der Waals surface area (Å²) in [4.78, 5) is 11.5. The van der Waals surface area contributed by atoms with Gasteiger partial charge in [0.15, 0.2) is 0 Å². The summed E-state index contributed by atoms with van der Waals surface area (Å²) in [7, 11) is -3.94. The van der Waals surface area contributed by atoms with E-state index >= 15 is 0 Å². The molecular weight excluding hydrogens is 355 g/mol. The van der Waals surface area contributed by atoms with Crippen LogP contribution in [0.3, 0.4) is 0 Å². The maximum absolute atomic E-state index is 13.0. The second-order valence-corrected chi connectivity index (χ2v) is 7.58. The Balaban J connectivity index is 1.73. The van der Waals surface area contributed by atoms with Crippen LogP contribution in [0.5, 0.6) is 0 Å². The molecule has 0 atom stereocenters. The van der Waals surface area contributed by atoms with Crippen molar-refractivity contribution < 1.29 is 17.6 Å². The summed E-state index contributed by atoms with van der Waals surface area (Å²) in [5, 5.41) is 2.56. The van der Waals surface area contributed by atoms with Gasteiger partial charge in [0.1, 0.15) is 10.7 Å². The lowest BCUT2D eigenvalue weighted by atomic mass is 10.2. The Morgan fingerprint density at radius 2 is 1.71 bits per heavy atom. The number of hydrogen-bond acceptors (Lipinski definition) is 3. The van der Waals surface area contributed by atoms with Crippen LogP contribution in [0.2, 0.25) is 5.02 Å². The van der Waals surface area contributed by atoms with Crippen LogP contribution >= 0.6 is 11.6 Å². The Labute approximate surface area is 143 Å². The van der Waals surface area contributed by atoms with E-state index in [2.05, 4.69) is 10.0 Å². The zero-order valence-electron chi connectivity index (χ0n) is 12.4. The first-order valence-corrected chi connectivity index (χ1v) is 9.10.